The molecule has 0 saturated carbocycles. The lowest BCUT2D eigenvalue weighted by atomic mass is 9.99. The van der Waals surface area contributed by atoms with Gasteiger partial charge in [0.2, 0.25) is 5.95 Å². The average molecular weight is 722 g/mol. The van der Waals surface area contributed by atoms with Crippen molar-refractivity contribution in [1.29, 1.82) is 0 Å². The molecule has 20 nitrogen and oxygen atoms in total. The topological polar surface area (TPSA) is 278 Å². The Morgan fingerprint density at radius 2 is 1.70 bits per heavy atom. The van der Waals surface area contributed by atoms with Gasteiger partial charge in [0.15, 0.2) is 41.3 Å². The van der Waals surface area contributed by atoms with E-state index in [1.54, 1.807) is 0 Å². The second kappa shape index (κ2) is 11.8. The zero-order chi connectivity index (χ0) is 32.5. The van der Waals surface area contributed by atoms with Crippen LogP contribution in [-0.2, 0) is 46.7 Å². The Labute approximate surface area is 266 Å². The first-order chi connectivity index (χ1) is 21.9. The van der Waals surface area contributed by atoms with Gasteiger partial charge in [-0.3, -0.25) is 18.9 Å². The summed E-state index contributed by atoms with van der Waals surface area (Å²) in [6.45, 7) is -9.71. The molecule has 25 heteroatoms. The Morgan fingerprint density at radius 3 is 2.46 bits per heavy atom. The van der Waals surface area contributed by atoms with E-state index in [1.165, 1.54) is 28.1 Å². The number of imidazole rings is 2. The molecule has 3 saturated heterocycles. The standard InChI is InChI=1S/C21H26FN11O9P2S2/c22-10-11-9(41-19(10)32-5-27-12-15(23)25-4-26-16(12)32)3-39-44(37,46)42-14-7(1-34)8(2-38-43(36,45)31-11)40-20(14)33-6-28-13-17(33)29-21(24)30-18(13)35/h4-11,14,19-20,34H,1-3H2,(H,37,46)(H2,23,25,26)(H2,31,36,45)(H3,24,29,30,35). The van der Waals surface area contributed by atoms with E-state index in [4.69, 9.17) is 58.1 Å². The molecule has 2 bridgehead atoms. The molecule has 248 valence electrons. The van der Waals surface area contributed by atoms with E-state index in [2.05, 4.69) is 35.0 Å². The van der Waals surface area contributed by atoms with E-state index in [9.17, 15) is 19.7 Å². The minimum Gasteiger partial charge on any atom is -0.396 e. The largest absolute Gasteiger partial charge is 0.396 e. The Hall–Kier alpha value is -2.63. The highest BCUT2D eigenvalue weighted by Gasteiger charge is 2.52. The Kier molecular flexibility index (Phi) is 8.20. The second-order valence-corrected chi connectivity index (χ2v) is 16.4. The molecule has 7 rings (SSSR count). The maximum absolute atomic E-state index is 16.1. The predicted molar refractivity (Wildman–Crippen MR) is 162 cm³/mol. The molecule has 7 heterocycles. The van der Waals surface area contributed by atoms with Crippen LogP contribution in [0.15, 0.2) is 23.8 Å². The lowest BCUT2D eigenvalue weighted by Crippen LogP contribution is -2.43. The highest BCUT2D eigenvalue weighted by molar-refractivity contribution is 8.08. The molecular weight excluding hydrogens is 695 g/mol. The van der Waals surface area contributed by atoms with Crippen LogP contribution in [0.25, 0.3) is 22.3 Å². The quantitative estimate of drug-likeness (QED) is 0.121. The fourth-order valence-corrected chi connectivity index (χ4v) is 8.80. The van der Waals surface area contributed by atoms with Crippen LogP contribution in [-0.4, -0.2) is 104 Å². The normalized spacial score (nSPS) is 37.1. The number of aliphatic hydroxyl groups excluding tert-OH is 1. The number of nitrogens with two attached hydrogens (primary N) is 2. The number of nitrogen functional groups attached to an aromatic ring is 2. The van der Waals surface area contributed by atoms with E-state index >= 15 is 4.39 Å². The van der Waals surface area contributed by atoms with Gasteiger partial charge in [-0.25, -0.2) is 29.4 Å². The highest BCUT2D eigenvalue weighted by Crippen LogP contribution is 2.53. The number of anilines is 2. The van der Waals surface area contributed by atoms with Crippen molar-refractivity contribution in [3.05, 3.63) is 29.3 Å². The molecule has 0 aliphatic carbocycles. The number of aromatic amines is 1. The van der Waals surface area contributed by atoms with Crippen LogP contribution in [0, 0.1) is 5.92 Å². The van der Waals surface area contributed by atoms with Gasteiger partial charge in [0.05, 0.1) is 44.6 Å². The highest BCUT2D eigenvalue weighted by atomic mass is 32.5. The first-order valence-electron chi connectivity index (χ1n) is 13.5. The van der Waals surface area contributed by atoms with Crippen molar-refractivity contribution in [1.82, 2.24) is 44.1 Å². The summed E-state index contributed by atoms with van der Waals surface area (Å²) in [6.07, 6.45) is -4.21. The van der Waals surface area contributed by atoms with E-state index in [1.807, 2.05) is 0 Å². The van der Waals surface area contributed by atoms with Crippen LogP contribution in [0.3, 0.4) is 0 Å². The first-order valence-corrected chi connectivity index (χ1v) is 18.7. The molecule has 0 spiro atoms. The van der Waals surface area contributed by atoms with Gasteiger partial charge in [0, 0.05) is 5.92 Å². The smallest absolute Gasteiger partial charge is 0.325 e. The molecule has 3 fully saturated rings. The van der Waals surface area contributed by atoms with Crippen LogP contribution in [0.5, 0.6) is 0 Å². The fraction of sp³-hybridized carbons (Fsp3) is 0.524. The molecule has 4 aromatic rings. The third-order valence-corrected chi connectivity index (χ3v) is 11.1. The summed E-state index contributed by atoms with van der Waals surface area (Å²) in [5.74, 6) is -1.06. The Balaban J connectivity index is 1.22. The lowest BCUT2D eigenvalue weighted by Gasteiger charge is -2.28. The molecule has 0 radical (unpaired) electrons. The maximum atomic E-state index is 16.1. The fourth-order valence-electron chi connectivity index (χ4n) is 5.69. The van der Waals surface area contributed by atoms with Gasteiger partial charge in [-0.05, 0) is 23.6 Å². The molecular formula is C21H26FN11O9P2S2. The number of halogens is 1. The summed E-state index contributed by atoms with van der Waals surface area (Å²) in [7, 11) is 0. The number of fused-ring (bicyclic) bond motifs is 5. The van der Waals surface area contributed by atoms with Gasteiger partial charge >= 0.3 is 6.72 Å². The first kappa shape index (κ1) is 31.9. The van der Waals surface area contributed by atoms with Crippen molar-refractivity contribution >= 4 is 71.1 Å². The Bertz CT molecular complexity index is 1970. The minimum atomic E-state index is -4.21. The van der Waals surface area contributed by atoms with Gasteiger partial charge in [0.1, 0.15) is 24.1 Å². The predicted octanol–water partition coefficient (Wildman–Crippen LogP) is -1.31. The minimum absolute atomic E-state index is 0.0154. The van der Waals surface area contributed by atoms with Gasteiger partial charge in [-0.15, -0.1) is 0 Å². The third kappa shape index (κ3) is 5.64. The number of ether oxygens (including phenoxy) is 2. The third-order valence-electron chi connectivity index (χ3n) is 7.80. The molecule has 46 heavy (non-hydrogen) atoms. The Morgan fingerprint density at radius 1 is 1.00 bits per heavy atom. The van der Waals surface area contributed by atoms with E-state index < -0.39 is 87.6 Å². The zero-order valence-electron chi connectivity index (χ0n) is 23.1. The lowest BCUT2D eigenvalue weighted by molar-refractivity contribution is -0.0510. The number of aliphatic hydroxyl groups is 1. The molecule has 10 atom stereocenters. The molecule has 0 aromatic carbocycles. The summed E-state index contributed by atoms with van der Waals surface area (Å²) < 4.78 is 48.1. The molecule has 9 N–H and O–H groups in total. The van der Waals surface area contributed by atoms with Gasteiger partial charge in [-0.1, -0.05) is 0 Å². The van der Waals surface area contributed by atoms with Crippen LogP contribution in [0.4, 0.5) is 16.2 Å². The summed E-state index contributed by atoms with van der Waals surface area (Å²) in [5.41, 5.74) is 11.4. The number of nitrogens with one attached hydrogen (secondary N) is 2. The summed E-state index contributed by atoms with van der Waals surface area (Å²) in [5, 5.41) is 13.0. The van der Waals surface area contributed by atoms with Gasteiger partial charge in [-0.2, -0.15) is 4.98 Å². The molecule has 3 aliphatic rings. The summed E-state index contributed by atoms with van der Waals surface area (Å²) in [6, 6.07) is -1.33. The van der Waals surface area contributed by atoms with Gasteiger partial charge in [0.25, 0.3) is 12.2 Å². The summed E-state index contributed by atoms with van der Waals surface area (Å²) >= 11 is 10.6. The van der Waals surface area contributed by atoms with Crippen molar-refractivity contribution in [2.45, 2.75) is 43.0 Å². The number of nitrogens with zero attached hydrogens (tertiary/aromatic N) is 7. The zero-order valence-corrected chi connectivity index (χ0v) is 26.6. The van der Waals surface area contributed by atoms with Gasteiger partial charge < -0.3 is 49.4 Å². The van der Waals surface area contributed by atoms with E-state index in [0.29, 0.717) is 0 Å². The number of H-pyrrole nitrogens is 1. The maximum Gasteiger partial charge on any atom is 0.325 e. The number of aromatic nitrogens is 8. The van der Waals surface area contributed by atoms with Crippen LogP contribution in [0.2, 0.25) is 0 Å². The van der Waals surface area contributed by atoms with Crippen molar-refractivity contribution in [2.24, 2.45) is 5.92 Å². The van der Waals surface area contributed by atoms with Crippen molar-refractivity contribution < 1.29 is 42.3 Å². The SMILES string of the molecule is Nc1nc2c(ncn2C2OC3COP(O)(=S)NC4C(COP(O)(=S)OC2C3CO)OC(n2cnc3c(N)ncnc32)C4F)c(=O)[nH]1. The number of rotatable bonds is 3. The average Bonchev–Trinajstić information content (AvgIpc) is 3.75. The molecule has 3 aliphatic heterocycles. The van der Waals surface area contributed by atoms with Crippen molar-refractivity contribution in [3.63, 3.8) is 0 Å². The van der Waals surface area contributed by atoms with Crippen molar-refractivity contribution in [3.8, 4) is 0 Å². The number of alkyl halides is 1. The monoisotopic (exact) mass is 721 g/mol. The molecule has 10 unspecified atom stereocenters. The molecule has 0 amide bonds. The number of hydrogen-bond donors (Lipinski definition) is 7. The number of hydrogen-bond acceptors (Lipinski definition) is 16. The van der Waals surface area contributed by atoms with Crippen molar-refractivity contribution in [2.75, 3.05) is 31.3 Å². The molecule has 4 aromatic heterocycles. The summed E-state index contributed by atoms with van der Waals surface area (Å²) in [4.78, 5) is 57.5. The van der Waals surface area contributed by atoms with Crippen LogP contribution >= 0.6 is 13.4 Å². The van der Waals surface area contributed by atoms with E-state index in [0.717, 1.165) is 0 Å². The van der Waals surface area contributed by atoms with Crippen LogP contribution in [0.1, 0.15) is 12.5 Å². The van der Waals surface area contributed by atoms with Crippen LogP contribution < -0.4 is 22.1 Å². The van der Waals surface area contributed by atoms with E-state index in [-0.39, 0.29) is 34.1 Å². The second-order valence-electron chi connectivity index (χ2n) is 10.6.